The van der Waals surface area contributed by atoms with E-state index in [1.54, 1.807) is 12.1 Å². The van der Waals surface area contributed by atoms with E-state index in [-0.39, 0.29) is 22.2 Å². The third-order valence-corrected chi connectivity index (χ3v) is 2.98. The SMILES string of the molecule is N#Cc1ncccc1Oc1cc(F)c(Cl)cc1Br. The lowest BCUT2D eigenvalue weighted by atomic mass is 10.3. The fourth-order valence-electron chi connectivity index (χ4n) is 1.26. The van der Waals surface area contributed by atoms with Gasteiger partial charge in [-0.1, -0.05) is 11.6 Å². The molecule has 0 aliphatic carbocycles. The number of hydrogen-bond acceptors (Lipinski definition) is 3. The Morgan fingerprint density at radius 3 is 2.89 bits per heavy atom. The molecule has 0 spiro atoms. The van der Waals surface area contributed by atoms with E-state index in [1.165, 1.54) is 12.3 Å². The molecule has 0 aliphatic heterocycles. The molecular formula is C12H5BrClFN2O. The molecule has 0 fully saturated rings. The van der Waals surface area contributed by atoms with Crippen molar-refractivity contribution in [3.8, 4) is 17.6 Å². The van der Waals surface area contributed by atoms with Crippen molar-refractivity contribution in [3.05, 3.63) is 51.5 Å². The van der Waals surface area contributed by atoms with Crippen LogP contribution < -0.4 is 4.74 Å². The molecule has 0 atom stereocenters. The monoisotopic (exact) mass is 326 g/mol. The van der Waals surface area contributed by atoms with E-state index in [4.69, 9.17) is 21.6 Å². The van der Waals surface area contributed by atoms with E-state index in [0.717, 1.165) is 6.07 Å². The molecule has 18 heavy (non-hydrogen) atoms. The first-order valence-corrected chi connectivity index (χ1v) is 5.96. The summed E-state index contributed by atoms with van der Waals surface area (Å²) in [5.74, 6) is -0.124. The van der Waals surface area contributed by atoms with Crippen molar-refractivity contribution >= 4 is 27.5 Å². The molecule has 0 bridgehead atoms. The highest BCUT2D eigenvalue weighted by atomic mass is 79.9. The Labute approximate surface area is 116 Å². The van der Waals surface area contributed by atoms with Crippen LogP contribution in [0.5, 0.6) is 11.5 Å². The lowest BCUT2D eigenvalue weighted by molar-refractivity contribution is 0.469. The van der Waals surface area contributed by atoms with Crippen LogP contribution in [0.25, 0.3) is 0 Å². The summed E-state index contributed by atoms with van der Waals surface area (Å²) in [5.41, 5.74) is 0.125. The van der Waals surface area contributed by atoms with Gasteiger partial charge in [0.25, 0.3) is 0 Å². The first kappa shape index (κ1) is 12.8. The van der Waals surface area contributed by atoms with Crippen molar-refractivity contribution in [1.82, 2.24) is 4.98 Å². The second-order valence-electron chi connectivity index (χ2n) is 3.26. The van der Waals surface area contributed by atoms with E-state index in [2.05, 4.69) is 20.9 Å². The number of halogens is 3. The predicted octanol–water partition coefficient (Wildman–Crippen LogP) is 4.30. The lowest BCUT2D eigenvalue weighted by Crippen LogP contribution is -1.92. The summed E-state index contributed by atoms with van der Waals surface area (Å²) < 4.78 is 19.3. The van der Waals surface area contributed by atoms with E-state index < -0.39 is 5.82 Å². The van der Waals surface area contributed by atoms with Crippen molar-refractivity contribution in [2.75, 3.05) is 0 Å². The highest BCUT2D eigenvalue weighted by Gasteiger charge is 2.11. The minimum Gasteiger partial charge on any atom is -0.453 e. The zero-order chi connectivity index (χ0) is 13.1. The summed E-state index contributed by atoms with van der Waals surface area (Å²) in [6.07, 6.45) is 1.48. The highest BCUT2D eigenvalue weighted by Crippen LogP contribution is 2.34. The van der Waals surface area contributed by atoms with Crippen LogP contribution in [0.1, 0.15) is 5.69 Å². The number of hydrogen-bond donors (Lipinski definition) is 0. The van der Waals surface area contributed by atoms with Gasteiger partial charge in [0.1, 0.15) is 17.6 Å². The Morgan fingerprint density at radius 1 is 1.39 bits per heavy atom. The Bertz CT molecular complexity index is 642. The molecule has 90 valence electrons. The summed E-state index contributed by atoms with van der Waals surface area (Å²) in [7, 11) is 0. The van der Waals surface area contributed by atoms with Crippen molar-refractivity contribution in [3.63, 3.8) is 0 Å². The average molecular weight is 328 g/mol. The molecule has 1 aromatic carbocycles. The third kappa shape index (κ3) is 2.61. The fourth-order valence-corrected chi connectivity index (χ4v) is 1.98. The maximum atomic E-state index is 13.3. The summed E-state index contributed by atoms with van der Waals surface area (Å²) in [4.78, 5) is 3.84. The van der Waals surface area contributed by atoms with Crippen molar-refractivity contribution in [2.45, 2.75) is 0 Å². The number of nitriles is 1. The van der Waals surface area contributed by atoms with Crippen molar-refractivity contribution < 1.29 is 9.13 Å². The molecule has 0 saturated carbocycles. The van der Waals surface area contributed by atoms with Gasteiger partial charge < -0.3 is 4.74 Å². The number of aromatic nitrogens is 1. The topological polar surface area (TPSA) is 45.9 Å². The quantitative estimate of drug-likeness (QED) is 0.773. The van der Waals surface area contributed by atoms with E-state index in [9.17, 15) is 4.39 Å². The Balaban J connectivity index is 2.41. The molecule has 0 saturated heterocycles. The molecule has 0 N–H and O–H groups in total. The molecule has 0 aliphatic rings. The Morgan fingerprint density at radius 2 is 2.17 bits per heavy atom. The van der Waals surface area contributed by atoms with Crippen LogP contribution in [-0.2, 0) is 0 Å². The minimum absolute atomic E-state index is 0.0130. The molecule has 2 rings (SSSR count). The average Bonchev–Trinajstić information content (AvgIpc) is 2.36. The van der Waals surface area contributed by atoms with Gasteiger partial charge >= 0.3 is 0 Å². The van der Waals surface area contributed by atoms with Gasteiger partial charge in [-0.3, -0.25) is 0 Å². The Hall–Kier alpha value is -1.64. The normalized spacial score (nSPS) is 9.89. The van der Waals surface area contributed by atoms with E-state index in [0.29, 0.717) is 4.47 Å². The van der Waals surface area contributed by atoms with Crippen LogP contribution in [0.2, 0.25) is 5.02 Å². The van der Waals surface area contributed by atoms with Crippen LogP contribution in [0.4, 0.5) is 4.39 Å². The molecule has 1 heterocycles. The van der Waals surface area contributed by atoms with Gasteiger partial charge in [-0.15, -0.1) is 0 Å². The molecule has 1 aromatic heterocycles. The summed E-state index contributed by atoms with van der Waals surface area (Å²) >= 11 is 8.83. The number of pyridine rings is 1. The van der Waals surface area contributed by atoms with Gasteiger partial charge in [0, 0.05) is 12.3 Å². The number of ether oxygens (including phenoxy) is 1. The summed E-state index contributed by atoms with van der Waals surface area (Å²) in [5, 5.41) is 8.85. The van der Waals surface area contributed by atoms with Gasteiger partial charge in [-0.05, 0) is 34.1 Å². The molecular weight excluding hydrogens is 322 g/mol. The predicted molar refractivity (Wildman–Crippen MR) is 68.1 cm³/mol. The fraction of sp³-hybridized carbons (Fsp3) is 0. The number of nitrogens with zero attached hydrogens (tertiary/aromatic N) is 2. The zero-order valence-electron chi connectivity index (χ0n) is 8.82. The molecule has 0 amide bonds. The van der Waals surface area contributed by atoms with Gasteiger partial charge in [0.05, 0.1) is 9.50 Å². The maximum absolute atomic E-state index is 13.3. The first-order valence-electron chi connectivity index (χ1n) is 4.79. The van der Waals surface area contributed by atoms with Crippen LogP contribution in [0.15, 0.2) is 34.9 Å². The molecule has 0 radical (unpaired) electrons. The standard InChI is InChI=1S/C12H5BrClFN2O/c13-7-4-8(14)9(15)5-12(7)18-11-2-1-3-17-10(11)6-16/h1-5H. The van der Waals surface area contributed by atoms with Crippen molar-refractivity contribution in [1.29, 1.82) is 5.26 Å². The lowest BCUT2D eigenvalue weighted by Gasteiger charge is -2.09. The van der Waals surface area contributed by atoms with E-state index in [1.807, 2.05) is 6.07 Å². The van der Waals surface area contributed by atoms with Gasteiger partial charge in [-0.2, -0.15) is 5.26 Å². The largest absolute Gasteiger partial charge is 0.453 e. The summed E-state index contributed by atoms with van der Waals surface area (Å²) in [6, 6.07) is 7.61. The zero-order valence-corrected chi connectivity index (χ0v) is 11.2. The summed E-state index contributed by atoms with van der Waals surface area (Å²) in [6.45, 7) is 0. The Kier molecular flexibility index (Phi) is 3.80. The first-order chi connectivity index (χ1) is 8.61. The molecule has 6 heteroatoms. The van der Waals surface area contributed by atoms with E-state index >= 15 is 0 Å². The van der Waals surface area contributed by atoms with Gasteiger partial charge in [0.15, 0.2) is 11.4 Å². The third-order valence-electron chi connectivity index (χ3n) is 2.07. The second-order valence-corrected chi connectivity index (χ2v) is 4.52. The number of rotatable bonds is 2. The molecule has 2 aromatic rings. The van der Waals surface area contributed by atoms with Crippen LogP contribution in [0.3, 0.4) is 0 Å². The number of benzene rings is 1. The minimum atomic E-state index is -0.600. The molecule has 0 unspecified atom stereocenters. The van der Waals surface area contributed by atoms with Crippen LogP contribution in [0, 0.1) is 17.1 Å². The van der Waals surface area contributed by atoms with Crippen LogP contribution in [-0.4, -0.2) is 4.98 Å². The van der Waals surface area contributed by atoms with Crippen molar-refractivity contribution in [2.24, 2.45) is 0 Å². The smallest absolute Gasteiger partial charge is 0.183 e. The van der Waals surface area contributed by atoms with Gasteiger partial charge in [0.2, 0.25) is 0 Å². The van der Waals surface area contributed by atoms with Crippen LogP contribution >= 0.6 is 27.5 Å². The highest BCUT2D eigenvalue weighted by molar-refractivity contribution is 9.10. The van der Waals surface area contributed by atoms with Gasteiger partial charge in [-0.25, -0.2) is 9.37 Å². The molecule has 3 nitrogen and oxygen atoms in total. The second kappa shape index (κ2) is 5.34. The maximum Gasteiger partial charge on any atom is 0.183 e.